The van der Waals surface area contributed by atoms with Crippen LogP contribution in [-0.4, -0.2) is 21.8 Å². The molecule has 2 aliphatic rings. The molecule has 0 unspecified atom stereocenters. The molecule has 0 spiro atoms. The van der Waals surface area contributed by atoms with Gasteiger partial charge < -0.3 is 10.2 Å². The van der Waals surface area contributed by atoms with Crippen molar-refractivity contribution in [3.05, 3.63) is 0 Å². The van der Waals surface area contributed by atoms with Crippen molar-refractivity contribution in [2.45, 2.75) is 38.7 Å². The number of aliphatic carboxylic acids is 1. The molecule has 2 saturated carbocycles. The molecule has 0 aliphatic heterocycles. The first-order valence-corrected chi connectivity index (χ1v) is 4.85. The zero-order chi connectivity index (χ0) is 9.85. The minimum absolute atomic E-state index is 0.00708. The second kappa shape index (κ2) is 2.27. The molecule has 2 N–H and O–H groups in total. The minimum atomic E-state index is -1.44. The molecule has 3 nitrogen and oxygen atoms in total. The van der Waals surface area contributed by atoms with Gasteiger partial charge in [0, 0.05) is 5.92 Å². The third-order valence-electron chi connectivity index (χ3n) is 4.26. The second-order valence-corrected chi connectivity index (χ2v) is 5.08. The Hall–Kier alpha value is -0.570. The van der Waals surface area contributed by atoms with Crippen LogP contribution >= 0.6 is 0 Å². The van der Waals surface area contributed by atoms with E-state index in [9.17, 15) is 9.90 Å². The molecule has 0 saturated heterocycles. The third-order valence-corrected chi connectivity index (χ3v) is 4.26. The van der Waals surface area contributed by atoms with E-state index in [0.29, 0.717) is 12.3 Å². The van der Waals surface area contributed by atoms with Crippen molar-refractivity contribution in [1.82, 2.24) is 0 Å². The fraction of sp³-hybridized carbons (Fsp3) is 0.900. The van der Waals surface area contributed by atoms with Crippen molar-refractivity contribution < 1.29 is 15.0 Å². The summed E-state index contributed by atoms with van der Waals surface area (Å²) in [4.78, 5) is 11.0. The highest BCUT2D eigenvalue weighted by atomic mass is 16.4. The molecule has 3 atom stereocenters. The predicted molar refractivity (Wildman–Crippen MR) is 47.2 cm³/mol. The first kappa shape index (κ1) is 9.00. The second-order valence-electron chi connectivity index (χ2n) is 5.08. The quantitative estimate of drug-likeness (QED) is 0.645. The minimum Gasteiger partial charge on any atom is -0.479 e. The number of hydrogen-bond acceptors (Lipinski definition) is 2. The fourth-order valence-corrected chi connectivity index (χ4v) is 3.37. The summed E-state index contributed by atoms with van der Waals surface area (Å²) in [6, 6.07) is 0. The van der Waals surface area contributed by atoms with Gasteiger partial charge in [-0.25, -0.2) is 4.79 Å². The summed E-state index contributed by atoms with van der Waals surface area (Å²) >= 11 is 0. The topological polar surface area (TPSA) is 57.5 Å². The van der Waals surface area contributed by atoms with Crippen LogP contribution < -0.4 is 0 Å². The van der Waals surface area contributed by atoms with Crippen LogP contribution in [0.4, 0.5) is 0 Å². The van der Waals surface area contributed by atoms with Crippen LogP contribution in [0.1, 0.15) is 33.1 Å². The summed E-state index contributed by atoms with van der Waals surface area (Å²) < 4.78 is 0. The average Bonchev–Trinajstić information content (AvgIpc) is 2.38. The molecule has 0 aromatic rings. The number of carboxylic acids is 1. The molecular formula is C10H16O3. The van der Waals surface area contributed by atoms with E-state index in [1.165, 1.54) is 0 Å². The molecule has 2 rings (SSSR count). The average molecular weight is 184 g/mol. The SMILES string of the molecule is CC1(C)[C@H]2CC[C@@H]1[C@](O)(C(=O)O)C2. The fourth-order valence-electron chi connectivity index (χ4n) is 3.37. The molecular weight excluding hydrogens is 168 g/mol. The van der Waals surface area contributed by atoms with Gasteiger partial charge >= 0.3 is 5.97 Å². The lowest BCUT2D eigenvalue weighted by atomic mass is 9.78. The molecule has 13 heavy (non-hydrogen) atoms. The third kappa shape index (κ3) is 0.909. The highest BCUT2D eigenvalue weighted by molar-refractivity contribution is 5.78. The smallest absolute Gasteiger partial charge is 0.335 e. The summed E-state index contributed by atoms with van der Waals surface area (Å²) in [6.07, 6.45) is 2.38. The molecule has 74 valence electrons. The van der Waals surface area contributed by atoms with E-state index in [1.807, 2.05) is 0 Å². The highest BCUT2D eigenvalue weighted by Gasteiger charge is 2.64. The van der Waals surface area contributed by atoms with Crippen molar-refractivity contribution >= 4 is 5.97 Å². The summed E-state index contributed by atoms with van der Waals surface area (Å²) in [5.41, 5.74) is -1.43. The zero-order valence-corrected chi connectivity index (χ0v) is 8.08. The molecule has 0 radical (unpaired) electrons. The molecule has 0 amide bonds. The van der Waals surface area contributed by atoms with Gasteiger partial charge in [-0.15, -0.1) is 0 Å². The van der Waals surface area contributed by atoms with Crippen molar-refractivity contribution in [1.29, 1.82) is 0 Å². The molecule has 3 heteroatoms. The van der Waals surface area contributed by atoms with E-state index >= 15 is 0 Å². The summed E-state index contributed by atoms with van der Waals surface area (Å²) in [6.45, 7) is 4.16. The van der Waals surface area contributed by atoms with Gasteiger partial charge in [-0.3, -0.25) is 0 Å². The Balaban J connectivity index is 2.36. The van der Waals surface area contributed by atoms with E-state index in [1.54, 1.807) is 0 Å². The van der Waals surface area contributed by atoms with Crippen LogP contribution in [0.15, 0.2) is 0 Å². The lowest BCUT2D eigenvalue weighted by Crippen LogP contribution is -2.45. The van der Waals surface area contributed by atoms with Crippen molar-refractivity contribution in [2.75, 3.05) is 0 Å². The van der Waals surface area contributed by atoms with E-state index in [0.717, 1.165) is 12.8 Å². The zero-order valence-electron chi connectivity index (χ0n) is 8.08. The highest BCUT2D eigenvalue weighted by Crippen LogP contribution is 2.61. The van der Waals surface area contributed by atoms with Crippen LogP contribution in [0, 0.1) is 17.3 Å². The van der Waals surface area contributed by atoms with Gasteiger partial charge in [0.2, 0.25) is 0 Å². The maximum atomic E-state index is 11.0. The van der Waals surface area contributed by atoms with Gasteiger partial charge in [-0.05, 0) is 30.6 Å². The first-order valence-electron chi connectivity index (χ1n) is 4.85. The number of carbonyl (C=O) groups is 1. The summed E-state index contributed by atoms with van der Waals surface area (Å²) in [7, 11) is 0. The number of aliphatic hydroxyl groups is 1. The molecule has 2 bridgehead atoms. The summed E-state index contributed by atoms with van der Waals surface area (Å²) in [5.74, 6) is -0.700. The Morgan fingerprint density at radius 2 is 2.00 bits per heavy atom. The van der Waals surface area contributed by atoms with Crippen LogP contribution in [0.5, 0.6) is 0 Å². The van der Waals surface area contributed by atoms with Crippen LogP contribution in [0.3, 0.4) is 0 Å². The Morgan fingerprint density at radius 1 is 1.38 bits per heavy atom. The number of carboxylic acid groups (broad SMARTS) is 1. The van der Waals surface area contributed by atoms with Gasteiger partial charge in [0.1, 0.15) is 0 Å². The van der Waals surface area contributed by atoms with E-state index < -0.39 is 11.6 Å². The summed E-state index contributed by atoms with van der Waals surface area (Å²) in [5, 5.41) is 19.0. The molecule has 2 aliphatic carbocycles. The Labute approximate surface area is 77.8 Å². The van der Waals surface area contributed by atoms with Gasteiger partial charge in [0.15, 0.2) is 5.60 Å². The first-order chi connectivity index (χ1) is 5.89. The maximum absolute atomic E-state index is 11.0. The molecule has 2 fully saturated rings. The monoisotopic (exact) mass is 184 g/mol. The standard InChI is InChI=1S/C10H16O3/c1-9(2)6-3-4-7(9)10(13,5-6)8(11)12/h6-7,13H,3-5H2,1-2H3,(H,11,12)/t6-,7-,10-/m0/s1. The van der Waals surface area contributed by atoms with Gasteiger partial charge in [0.25, 0.3) is 0 Å². The van der Waals surface area contributed by atoms with E-state index in [-0.39, 0.29) is 11.3 Å². The van der Waals surface area contributed by atoms with Gasteiger partial charge in [-0.1, -0.05) is 13.8 Å². The lowest BCUT2D eigenvalue weighted by Gasteiger charge is -2.30. The van der Waals surface area contributed by atoms with Crippen molar-refractivity contribution in [2.24, 2.45) is 17.3 Å². The lowest BCUT2D eigenvalue weighted by molar-refractivity contribution is -0.165. The van der Waals surface area contributed by atoms with Crippen LogP contribution in [0.2, 0.25) is 0 Å². The van der Waals surface area contributed by atoms with Gasteiger partial charge in [0.05, 0.1) is 0 Å². The Morgan fingerprint density at radius 3 is 2.23 bits per heavy atom. The Kier molecular flexibility index (Phi) is 1.57. The van der Waals surface area contributed by atoms with Crippen LogP contribution in [-0.2, 0) is 4.79 Å². The van der Waals surface area contributed by atoms with Crippen molar-refractivity contribution in [3.63, 3.8) is 0 Å². The number of hydrogen-bond donors (Lipinski definition) is 2. The maximum Gasteiger partial charge on any atom is 0.335 e. The number of fused-ring (bicyclic) bond motifs is 2. The predicted octanol–water partition coefficient (Wildman–Crippen LogP) is 1.26. The van der Waals surface area contributed by atoms with Crippen LogP contribution in [0.25, 0.3) is 0 Å². The molecule has 0 aromatic heterocycles. The normalized spacial score (nSPS) is 46.7. The number of rotatable bonds is 1. The largest absolute Gasteiger partial charge is 0.479 e. The van der Waals surface area contributed by atoms with Gasteiger partial charge in [-0.2, -0.15) is 0 Å². The van der Waals surface area contributed by atoms with Crippen molar-refractivity contribution in [3.8, 4) is 0 Å². The van der Waals surface area contributed by atoms with E-state index in [4.69, 9.17) is 5.11 Å². The van der Waals surface area contributed by atoms with E-state index in [2.05, 4.69) is 13.8 Å². The Bertz CT molecular complexity index is 259. The molecule has 0 heterocycles. The molecule has 0 aromatic carbocycles.